The van der Waals surface area contributed by atoms with Crippen LogP contribution in [0.3, 0.4) is 0 Å². The lowest BCUT2D eigenvalue weighted by Gasteiger charge is -2.29. The SMILES string of the molecule is Cc1[nH]c(=S)ccc1[C@@H]1CCCN1C(C)C. The summed E-state index contributed by atoms with van der Waals surface area (Å²) in [5, 5.41) is 0. The van der Waals surface area contributed by atoms with E-state index in [2.05, 4.69) is 36.7 Å². The maximum Gasteiger partial charge on any atom is 0.103 e. The minimum atomic E-state index is 0.576. The number of rotatable bonds is 2. The van der Waals surface area contributed by atoms with Gasteiger partial charge in [-0.25, -0.2) is 0 Å². The van der Waals surface area contributed by atoms with Gasteiger partial charge in [-0.3, -0.25) is 4.90 Å². The van der Waals surface area contributed by atoms with Crippen LogP contribution in [0, 0.1) is 11.6 Å². The molecule has 0 bridgehead atoms. The van der Waals surface area contributed by atoms with Crippen LogP contribution in [0.25, 0.3) is 0 Å². The second kappa shape index (κ2) is 4.68. The zero-order chi connectivity index (χ0) is 11.7. The third-order valence-electron chi connectivity index (χ3n) is 3.47. The molecule has 0 unspecified atom stereocenters. The van der Waals surface area contributed by atoms with Gasteiger partial charge < -0.3 is 4.98 Å². The number of likely N-dealkylation sites (tertiary alicyclic amines) is 1. The molecule has 1 aromatic rings. The number of aromatic amines is 1. The van der Waals surface area contributed by atoms with Gasteiger partial charge in [-0.2, -0.15) is 0 Å². The van der Waals surface area contributed by atoms with Gasteiger partial charge in [0.1, 0.15) is 4.64 Å². The van der Waals surface area contributed by atoms with Gasteiger partial charge in [-0.05, 0) is 51.8 Å². The fourth-order valence-corrected chi connectivity index (χ4v) is 2.91. The number of nitrogens with zero attached hydrogens (tertiary/aromatic N) is 1. The molecule has 0 spiro atoms. The highest BCUT2D eigenvalue weighted by Crippen LogP contribution is 2.34. The van der Waals surface area contributed by atoms with Crippen LogP contribution in [0.2, 0.25) is 0 Å². The quantitative estimate of drug-likeness (QED) is 0.791. The molecule has 1 atom stereocenters. The first-order chi connectivity index (χ1) is 7.59. The Bertz CT molecular complexity index is 422. The van der Waals surface area contributed by atoms with E-state index in [0.29, 0.717) is 12.1 Å². The largest absolute Gasteiger partial charge is 0.350 e. The molecule has 0 amide bonds. The Kier molecular flexibility index (Phi) is 3.45. The number of hydrogen-bond acceptors (Lipinski definition) is 2. The van der Waals surface area contributed by atoms with Crippen molar-refractivity contribution in [1.82, 2.24) is 9.88 Å². The lowest BCUT2D eigenvalue weighted by Crippen LogP contribution is -2.30. The zero-order valence-electron chi connectivity index (χ0n) is 10.3. The molecule has 0 aliphatic carbocycles. The van der Waals surface area contributed by atoms with Crippen molar-refractivity contribution in [3.8, 4) is 0 Å². The highest BCUT2D eigenvalue weighted by atomic mass is 32.1. The van der Waals surface area contributed by atoms with Crippen LogP contribution in [-0.2, 0) is 0 Å². The highest BCUT2D eigenvalue weighted by Gasteiger charge is 2.28. The summed E-state index contributed by atoms with van der Waals surface area (Å²) in [5.74, 6) is 0. The lowest BCUT2D eigenvalue weighted by atomic mass is 10.0. The Balaban J connectivity index is 2.33. The summed E-state index contributed by atoms with van der Waals surface area (Å²) in [4.78, 5) is 5.85. The Morgan fingerprint density at radius 3 is 2.81 bits per heavy atom. The van der Waals surface area contributed by atoms with Crippen molar-refractivity contribution in [3.05, 3.63) is 28.0 Å². The molecule has 16 heavy (non-hydrogen) atoms. The van der Waals surface area contributed by atoms with E-state index in [9.17, 15) is 0 Å². The van der Waals surface area contributed by atoms with Gasteiger partial charge in [0.05, 0.1) is 0 Å². The molecule has 2 rings (SSSR count). The second-order valence-corrected chi connectivity index (χ2v) is 5.33. The first kappa shape index (κ1) is 11.8. The standard InChI is InChI=1S/C13H20N2S/c1-9(2)15-8-4-5-12(15)11-6-7-13(16)14-10(11)3/h6-7,9,12H,4-5,8H2,1-3H3,(H,14,16)/t12-/m0/s1. The van der Waals surface area contributed by atoms with Crippen molar-refractivity contribution >= 4 is 12.2 Å². The van der Waals surface area contributed by atoms with Gasteiger partial charge in [0, 0.05) is 17.8 Å². The first-order valence-corrected chi connectivity index (χ1v) is 6.46. The van der Waals surface area contributed by atoms with Crippen LogP contribution >= 0.6 is 12.2 Å². The zero-order valence-corrected chi connectivity index (χ0v) is 11.1. The molecule has 2 nitrogen and oxygen atoms in total. The fourth-order valence-electron chi connectivity index (χ4n) is 2.69. The summed E-state index contributed by atoms with van der Waals surface area (Å²) in [6, 6.07) is 5.40. The molecule has 1 aliphatic rings. The van der Waals surface area contributed by atoms with Gasteiger partial charge in [0.25, 0.3) is 0 Å². The molecule has 1 aromatic heterocycles. The maximum atomic E-state index is 5.15. The highest BCUT2D eigenvalue weighted by molar-refractivity contribution is 7.71. The maximum absolute atomic E-state index is 5.15. The van der Waals surface area contributed by atoms with Crippen molar-refractivity contribution in [2.24, 2.45) is 0 Å². The fraction of sp³-hybridized carbons (Fsp3) is 0.615. The molecule has 0 aromatic carbocycles. The van der Waals surface area contributed by atoms with Crippen molar-refractivity contribution in [3.63, 3.8) is 0 Å². The predicted octanol–water partition coefficient (Wildman–Crippen LogP) is 3.60. The molecule has 88 valence electrons. The molecule has 3 heteroatoms. The van der Waals surface area contributed by atoms with Gasteiger partial charge in [-0.1, -0.05) is 18.3 Å². The topological polar surface area (TPSA) is 19.0 Å². The van der Waals surface area contributed by atoms with Crippen molar-refractivity contribution in [2.75, 3.05) is 6.54 Å². The van der Waals surface area contributed by atoms with Crippen LogP contribution in [0.4, 0.5) is 0 Å². The van der Waals surface area contributed by atoms with E-state index < -0.39 is 0 Å². The van der Waals surface area contributed by atoms with E-state index in [0.717, 1.165) is 4.64 Å². The summed E-state index contributed by atoms with van der Waals surface area (Å²) in [6.45, 7) is 7.90. The minimum absolute atomic E-state index is 0.576. The van der Waals surface area contributed by atoms with E-state index >= 15 is 0 Å². The number of H-pyrrole nitrogens is 1. The summed E-state index contributed by atoms with van der Waals surface area (Å²) in [5.41, 5.74) is 2.64. The summed E-state index contributed by atoms with van der Waals surface area (Å²) < 4.78 is 0.829. The average Bonchev–Trinajstić information content (AvgIpc) is 2.66. The third-order valence-corrected chi connectivity index (χ3v) is 3.71. The van der Waals surface area contributed by atoms with Gasteiger partial charge in [-0.15, -0.1) is 0 Å². The second-order valence-electron chi connectivity index (χ2n) is 4.89. The molecule has 2 heterocycles. The van der Waals surface area contributed by atoms with Crippen molar-refractivity contribution in [2.45, 2.75) is 45.7 Å². The normalized spacial score (nSPS) is 21.9. The minimum Gasteiger partial charge on any atom is -0.350 e. The van der Waals surface area contributed by atoms with Gasteiger partial charge >= 0.3 is 0 Å². The summed E-state index contributed by atoms with van der Waals surface area (Å²) >= 11 is 5.15. The third kappa shape index (κ3) is 2.20. The molecule has 0 saturated carbocycles. The molecule has 1 aliphatic heterocycles. The average molecular weight is 236 g/mol. The van der Waals surface area contributed by atoms with Gasteiger partial charge in [0.15, 0.2) is 0 Å². The molecular formula is C13H20N2S. The van der Waals surface area contributed by atoms with Crippen LogP contribution < -0.4 is 0 Å². The number of hydrogen-bond donors (Lipinski definition) is 1. The van der Waals surface area contributed by atoms with Gasteiger partial charge in [0.2, 0.25) is 0 Å². The van der Waals surface area contributed by atoms with Crippen LogP contribution in [0.5, 0.6) is 0 Å². The number of aromatic nitrogens is 1. The Morgan fingerprint density at radius 1 is 1.44 bits per heavy atom. The summed E-state index contributed by atoms with van der Waals surface area (Å²) in [7, 11) is 0. The molecular weight excluding hydrogens is 216 g/mol. The Labute approximate surface area is 103 Å². The first-order valence-electron chi connectivity index (χ1n) is 6.05. The number of aryl methyl sites for hydroxylation is 1. The van der Waals surface area contributed by atoms with Crippen LogP contribution in [0.1, 0.15) is 44.0 Å². The summed E-state index contributed by atoms with van der Waals surface area (Å²) in [6.07, 6.45) is 2.57. The van der Waals surface area contributed by atoms with Crippen LogP contribution in [-0.4, -0.2) is 22.5 Å². The molecule has 1 N–H and O–H groups in total. The van der Waals surface area contributed by atoms with E-state index in [1.165, 1.54) is 30.6 Å². The van der Waals surface area contributed by atoms with E-state index in [-0.39, 0.29) is 0 Å². The van der Waals surface area contributed by atoms with Crippen LogP contribution in [0.15, 0.2) is 12.1 Å². The monoisotopic (exact) mass is 236 g/mol. The van der Waals surface area contributed by atoms with E-state index in [1.54, 1.807) is 0 Å². The lowest BCUT2D eigenvalue weighted by molar-refractivity contribution is 0.204. The van der Waals surface area contributed by atoms with E-state index in [4.69, 9.17) is 12.2 Å². The smallest absolute Gasteiger partial charge is 0.103 e. The number of pyridine rings is 1. The Morgan fingerprint density at radius 2 is 2.19 bits per heavy atom. The molecule has 1 saturated heterocycles. The molecule has 1 fully saturated rings. The van der Waals surface area contributed by atoms with Crippen molar-refractivity contribution in [1.29, 1.82) is 0 Å². The predicted molar refractivity (Wildman–Crippen MR) is 70.2 cm³/mol. The Hall–Kier alpha value is -0.670. The van der Waals surface area contributed by atoms with E-state index in [1.807, 2.05) is 6.07 Å². The molecule has 0 radical (unpaired) electrons. The van der Waals surface area contributed by atoms with Crippen molar-refractivity contribution < 1.29 is 0 Å². The number of nitrogens with one attached hydrogen (secondary N) is 1.